The zero-order valence-electron chi connectivity index (χ0n) is 9.95. The van der Waals surface area contributed by atoms with Crippen LogP contribution >= 0.6 is 23.1 Å². The van der Waals surface area contributed by atoms with Gasteiger partial charge in [-0.05, 0) is 48.9 Å². The molecule has 1 saturated heterocycles. The molecule has 2 heterocycles. The van der Waals surface area contributed by atoms with E-state index in [1.807, 2.05) is 11.3 Å². The van der Waals surface area contributed by atoms with Crippen LogP contribution in [0.1, 0.15) is 24.6 Å². The van der Waals surface area contributed by atoms with Crippen LogP contribution in [0.3, 0.4) is 0 Å². The van der Waals surface area contributed by atoms with Crippen molar-refractivity contribution in [3.63, 3.8) is 0 Å². The maximum absolute atomic E-state index is 3.69. The van der Waals surface area contributed by atoms with E-state index in [2.05, 4.69) is 41.5 Å². The van der Waals surface area contributed by atoms with Gasteiger partial charge in [-0.25, -0.2) is 0 Å². The molecule has 1 aliphatic heterocycles. The minimum atomic E-state index is 0.768. The number of aryl methyl sites for hydroxylation is 1. The van der Waals surface area contributed by atoms with Crippen molar-refractivity contribution in [3.05, 3.63) is 22.4 Å². The second-order valence-electron chi connectivity index (χ2n) is 4.48. The molecule has 1 aromatic heterocycles. The highest BCUT2D eigenvalue weighted by Crippen LogP contribution is 2.28. The Balaban J connectivity index is 1.75. The molecule has 2 atom stereocenters. The summed E-state index contributed by atoms with van der Waals surface area (Å²) >= 11 is 4.02. The monoisotopic (exact) mass is 255 g/mol. The second kappa shape index (κ2) is 6.67. The first-order chi connectivity index (χ1) is 7.90. The van der Waals surface area contributed by atoms with Gasteiger partial charge in [-0.15, -0.1) is 11.3 Å². The van der Waals surface area contributed by atoms with Crippen LogP contribution < -0.4 is 5.32 Å². The maximum Gasteiger partial charge on any atom is 0.0194 e. The summed E-state index contributed by atoms with van der Waals surface area (Å²) in [6.45, 7) is 3.43. The number of hydrogen-bond donors (Lipinski definition) is 1. The van der Waals surface area contributed by atoms with Gasteiger partial charge in [0.15, 0.2) is 0 Å². The highest BCUT2D eigenvalue weighted by atomic mass is 32.2. The highest BCUT2D eigenvalue weighted by Gasteiger charge is 2.26. The SMILES string of the molecule is CCCNC1CSCC1CCc1cccs1. The lowest BCUT2D eigenvalue weighted by Crippen LogP contribution is -2.36. The minimum Gasteiger partial charge on any atom is -0.313 e. The van der Waals surface area contributed by atoms with Crippen molar-refractivity contribution in [2.24, 2.45) is 5.92 Å². The zero-order chi connectivity index (χ0) is 11.2. The van der Waals surface area contributed by atoms with Crippen molar-refractivity contribution in [3.8, 4) is 0 Å². The van der Waals surface area contributed by atoms with Crippen molar-refractivity contribution < 1.29 is 0 Å². The van der Waals surface area contributed by atoms with Gasteiger partial charge in [-0.2, -0.15) is 11.8 Å². The van der Waals surface area contributed by atoms with Crippen molar-refractivity contribution in [1.82, 2.24) is 5.32 Å². The molecule has 1 aliphatic rings. The van der Waals surface area contributed by atoms with E-state index in [1.54, 1.807) is 4.88 Å². The fraction of sp³-hybridized carbons (Fsp3) is 0.692. The van der Waals surface area contributed by atoms with Crippen LogP contribution in [-0.4, -0.2) is 24.1 Å². The summed E-state index contributed by atoms with van der Waals surface area (Å²) in [5, 5.41) is 5.88. The number of thiophene rings is 1. The van der Waals surface area contributed by atoms with Gasteiger partial charge in [-0.3, -0.25) is 0 Å². The summed E-state index contributed by atoms with van der Waals surface area (Å²) in [4.78, 5) is 1.55. The Morgan fingerprint density at radius 2 is 2.38 bits per heavy atom. The third-order valence-electron chi connectivity index (χ3n) is 3.20. The molecule has 0 bridgehead atoms. The topological polar surface area (TPSA) is 12.0 Å². The number of nitrogens with one attached hydrogen (secondary N) is 1. The van der Waals surface area contributed by atoms with Gasteiger partial charge in [-0.1, -0.05) is 13.0 Å². The highest BCUT2D eigenvalue weighted by molar-refractivity contribution is 7.99. The molecule has 2 rings (SSSR count). The zero-order valence-corrected chi connectivity index (χ0v) is 11.6. The Morgan fingerprint density at radius 1 is 1.44 bits per heavy atom. The molecule has 0 radical (unpaired) electrons. The Morgan fingerprint density at radius 3 is 3.12 bits per heavy atom. The fourth-order valence-electron chi connectivity index (χ4n) is 2.22. The third-order valence-corrected chi connectivity index (χ3v) is 5.39. The number of thioether (sulfide) groups is 1. The largest absolute Gasteiger partial charge is 0.313 e. The summed E-state index contributed by atoms with van der Waals surface area (Å²) in [5.41, 5.74) is 0. The number of rotatable bonds is 6. The molecule has 2 unspecified atom stereocenters. The third kappa shape index (κ3) is 3.51. The Hall–Kier alpha value is 0.01000. The molecular formula is C13H21NS2. The minimum absolute atomic E-state index is 0.768. The van der Waals surface area contributed by atoms with E-state index >= 15 is 0 Å². The molecule has 0 spiro atoms. The van der Waals surface area contributed by atoms with Gasteiger partial charge in [0, 0.05) is 16.7 Å². The van der Waals surface area contributed by atoms with Crippen LogP contribution in [0.25, 0.3) is 0 Å². The molecule has 3 heteroatoms. The van der Waals surface area contributed by atoms with E-state index in [0.29, 0.717) is 0 Å². The summed E-state index contributed by atoms with van der Waals surface area (Å²) in [7, 11) is 0. The van der Waals surface area contributed by atoms with E-state index in [4.69, 9.17) is 0 Å². The molecule has 1 N–H and O–H groups in total. The molecule has 16 heavy (non-hydrogen) atoms. The first-order valence-corrected chi connectivity index (χ1v) is 8.27. The van der Waals surface area contributed by atoms with E-state index in [9.17, 15) is 0 Å². The average molecular weight is 255 g/mol. The first kappa shape index (κ1) is 12.5. The first-order valence-electron chi connectivity index (χ1n) is 6.23. The molecule has 1 nitrogen and oxygen atoms in total. The number of hydrogen-bond acceptors (Lipinski definition) is 3. The van der Waals surface area contributed by atoms with E-state index in [-0.39, 0.29) is 0 Å². The van der Waals surface area contributed by atoms with Crippen molar-refractivity contribution in [2.45, 2.75) is 32.2 Å². The van der Waals surface area contributed by atoms with Gasteiger partial charge < -0.3 is 5.32 Å². The van der Waals surface area contributed by atoms with Crippen LogP contribution in [0.4, 0.5) is 0 Å². The maximum atomic E-state index is 3.69. The normalized spacial score (nSPS) is 25.1. The van der Waals surface area contributed by atoms with Crippen molar-refractivity contribution in [1.29, 1.82) is 0 Å². The lowest BCUT2D eigenvalue weighted by Gasteiger charge is -2.19. The summed E-state index contributed by atoms with van der Waals surface area (Å²) in [5.74, 6) is 3.56. The molecule has 0 aromatic carbocycles. The van der Waals surface area contributed by atoms with E-state index < -0.39 is 0 Å². The van der Waals surface area contributed by atoms with Gasteiger partial charge in [0.05, 0.1) is 0 Å². The summed E-state index contributed by atoms with van der Waals surface area (Å²) < 4.78 is 0. The molecule has 0 amide bonds. The smallest absolute Gasteiger partial charge is 0.0194 e. The van der Waals surface area contributed by atoms with E-state index in [1.165, 1.54) is 37.3 Å². The van der Waals surface area contributed by atoms with Crippen molar-refractivity contribution in [2.75, 3.05) is 18.1 Å². The van der Waals surface area contributed by atoms with Crippen LogP contribution in [0.15, 0.2) is 17.5 Å². The molecule has 1 aromatic rings. The predicted molar refractivity (Wildman–Crippen MR) is 75.5 cm³/mol. The van der Waals surface area contributed by atoms with E-state index in [0.717, 1.165) is 12.0 Å². The summed E-state index contributed by atoms with van der Waals surface area (Å²) in [6.07, 6.45) is 3.88. The Bertz CT molecular complexity index is 284. The van der Waals surface area contributed by atoms with Gasteiger partial charge >= 0.3 is 0 Å². The molecule has 90 valence electrons. The van der Waals surface area contributed by atoms with Crippen LogP contribution in [0.2, 0.25) is 0 Å². The predicted octanol–water partition coefficient (Wildman–Crippen LogP) is 3.41. The average Bonchev–Trinajstić information content (AvgIpc) is 2.94. The summed E-state index contributed by atoms with van der Waals surface area (Å²) in [6, 6.07) is 5.20. The molecular weight excluding hydrogens is 234 g/mol. The quantitative estimate of drug-likeness (QED) is 0.836. The van der Waals surface area contributed by atoms with Gasteiger partial charge in [0.2, 0.25) is 0 Å². The molecule has 0 aliphatic carbocycles. The molecule has 0 saturated carbocycles. The van der Waals surface area contributed by atoms with Crippen molar-refractivity contribution >= 4 is 23.1 Å². The fourth-order valence-corrected chi connectivity index (χ4v) is 4.43. The lowest BCUT2D eigenvalue weighted by molar-refractivity contribution is 0.406. The van der Waals surface area contributed by atoms with Gasteiger partial charge in [0.25, 0.3) is 0 Å². The second-order valence-corrected chi connectivity index (χ2v) is 6.58. The van der Waals surface area contributed by atoms with Crippen LogP contribution in [0.5, 0.6) is 0 Å². The van der Waals surface area contributed by atoms with Crippen LogP contribution in [-0.2, 0) is 6.42 Å². The Labute approximate surface area is 107 Å². The Kier molecular flexibility index (Phi) is 5.20. The molecule has 1 fully saturated rings. The standard InChI is InChI=1S/C13H21NS2/c1-2-7-14-13-10-15-9-11(13)5-6-12-4-3-8-16-12/h3-4,8,11,13-14H,2,5-7,9-10H2,1H3. The van der Waals surface area contributed by atoms with Gasteiger partial charge in [0.1, 0.15) is 0 Å². The van der Waals surface area contributed by atoms with Crippen LogP contribution in [0, 0.1) is 5.92 Å². The lowest BCUT2D eigenvalue weighted by atomic mass is 9.97.